The predicted octanol–water partition coefficient (Wildman–Crippen LogP) is 2.93. The van der Waals surface area contributed by atoms with Crippen LogP contribution in [-0.2, 0) is 15.6 Å². The van der Waals surface area contributed by atoms with Gasteiger partial charge in [-0.3, -0.25) is 9.48 Å². The van der Waals surface area contributed by atoms with Gasteiger partial charge in [-0.15, -0.1) is 0 Å². The molecule has 2 aromatic rings. The number of ether oxygens (including phenoxy) is 2. The topological polar surface area (TPSA) is 94.0 Å². The van der Waals surface area contributed by atoms with Crippen LogP contribution in [0.2, 0.25) is 0 Å². The third-order valence-corrected chi connectivity index (χ3v) is 7.62. The van der Waals surface area contributed by atoms with Crippen molar-refractivity contribution in [3.05, 3.63) is 35.7 Å². The molecule has 1 amide bonds. The van der Waals surface area contributed by atoms with Crippen LogP contribution in [0, 0.1) is 0 Å². The summed E-state index contributed by atoms with van der Waals surface area (Å²) in [4.78, 5) is 14.9. The fourth-order valence-corrected chi connectivity index (χ4v) is 5.46. The molecule has 2 heterocycles. The van der Waals surface area contributed by atoms with Gasteiger partial charge in [-0.2, -0.15) is 9.40 Å². The Morgan fingerprint density at radius 1 is 1.03 bits per heavy atom. The highest BCUT2D eigenvalue weighted by Crippen LogP contribution is 2.31. The molecular formula is C23H34N4O5S. The van der Waals surface area contributed by atoms with Crippen molar-refractivity contribution in [2.75, 3.05) is 40.4 Å². The van der Waals surface area contributed by atoms with E-state index in [1.165, 1.54) is 24.6 Å². The van der Waals surface area contributed by atoms with Crippen LogP contribution in [-0.4, -0.2) is 73.7 Å². The van der Waals surface area contributed by atoms with Crippen molar-refractivity contribution < 1.29 is 22.7 Å². The van der Waals surface area contributed by atoms with E-state index < -0.39 is 10.0 Å². The van der Waals surface area contributed by atoms with Gasteiger partial charge in [0, 0.05) is 37.9 Å². The normalized spacial score (nSPS) is 15.7. The Bertz CT molecular complexity index is 1110. The zero-order valence-electron chi connectivity index (χ0n) is 20.5. The zero-order chi connectivity index (χ0) is 24.6. The third kappa shape index (κ3) is 5.01. The van der Waals surface area contributed by atoms with Gasteiger partial charge in [-0.25, -0.2) is 8.42 Å². The molecule has 1 fully saturated rings. The molecule has 1 aromatic heterocycles. The number of hydrogen-bond acceptors (Lipinski definition) is 6. The molecule has 33 heavy (non-hydrogen) atoms. The van der Waals surface area contributed by atoms with Crippen molar-refractivity contribution >= 4 is 15.9 Å². The second-order valence-corrected chi connectivity index (χ2v) is 11.3. The highest BCUT2D eigenvalue weighted by molar-refractivity contribution is 7.89. The van der Waals surface area contributed by atoms with Gasteiger partial charge in [0.25, 0.3) is 5.91 Å². The molecule has 1 aliphatic heterocycles. The van der Waals surface area contributed by atoms with Crippen LogP contribution < -0.4 is 9.47 Å². The molecule has 0 bridgehead atoms. The Kier molecular flexibility index (Phi) is 7.09. The number of piperazine rings is 1. The van der Waals surface area contributed by atoms with Gasteiger partial charge in [-0.1, -0.05) is 13.8 Å². The molecule has 1 aromatic carbocycles. The highest BCUT2D eigenvalue weighted by Gasteiger charge is 2.34. The van der Waals surface area contributed by atoms with Crippen molar-refractivity contribution in [3.8, 4) is 11.5 Å². The fourth-order valence-electron chi connectivity index (χ4n) is 3.87. The average molecular weight is 479 g/mol. The van der Waals surface area contributed by atoms with Crippen LogP contribution in [0.15, 0.2) is 29.2 Å². The van der Waals surface area contributed by atoms with Gasteiger partial charge in [-0.05, 0) is 44.9 Å². The van der Waals surface area contributed by atoms with E-state index in [1.54, 1.807) is 17.0 Å². The van der Waals surface area contributed by atoms with Gasteiger partial charge >= 0.3 is 0 Å². The monoisotopic (exact) mass is 478 g/mol. The first-order valence-electron chi connectivity index (χ1n) is 11.0. The minimum atomic E-state index is -3.81. The van der Waals surface area contributed by atoms with E-state index in [9.17, 15) is 13.2 Å². The van der Waals surface area contributed by atoms with E-state index in [0.717, 1.165) is 5.69 Å². The van der Waals surface area contributed by atoms with Gasteiger partial charge in [0.2, 0.25) is 10.0 Å². The standard InChI is InChI=1S/C23H34N4O5S/c1-16(2)19-15-18(24-27(19)23(3,4)5)22(28)25-10-12-26(13-11-25)33(29,30)21-14-17(31-6)8-9-20(21)32-7/h8-9,14-16H,10-13H2,1-7H3. The van der Waals surface area contributed by atoms with Gasteiger partial charge in [0.05, 0.1) is 19.8 Å². The number of amides is 1. The lowest BCUT2D eigenvalue weighted by Gasteiger charge is -2.34. The maximum atomic E-state index is 13.3. The Morgan fingerprint density at radius 3 is 2.15 bits per heavy atom. The first-order valence-corrected chi connectivity index (χ1v) is 12.5. The first kappa shape index (κ1) is 25.0. The van der Waals surface area contributed by atoms with Crippen LogP contribution in [0.5, 0.6) is 11.5 Å². The summed E-state index contributed by atoms with van der Waals surface area (Å²) < 4.78 is 40.3. The smallest absolute Gasteiger partial charge is 0.274 e. The molecule has 0 unspecified atom stereocenters. The van der Waals surface area contributed by atoms with Crippen LogP contribution in [0.3, 0.4) is 0 Å². The van der Waals surface area contributed by atoms with Crippen molar-refractivity contribution in [1.82, 2.24) is 19.0 Å². The highest BCUT2D eigenvalue weighted by atomic mass is 32.2. The quantitative estimate of drug-likeness (QED) is 0.634. The molecule has 3 rings (SSSR count). The molecule has 0 spiro atoms. The Morgan fingerprint density at radius 2 is 1.67 bits per heavy atom. The minimum Gasteiger partial charge on any atom is -0.497 e. The molecule has 0 aliphatic carbocycles. The summed E-state index contributed by atoms with van der Waals surface area (Å²) in [6.45, 7) is 11.2. The van der Waals surface area contributed by atoms with Crippen LogP contribution in [0.1, 0.15) is 56.7 Å². The minimum absolute atomic E-state index is 0.0506. The van der Waals surface area contributed by atoms with E-state index in [0.29, 0.717) is 11.4 Å². The predicted molar refractivity (Wildman–Crippen MR) is 126 cm³/mol. The number of sulfonamides is 1. The number of nitrogens with zero attached hydrogens (tertiary/aromatic N) is 4. The molecule has 0 atom stereocenters. The van der Waals surface area contributed by atoms with Gasteiger partial charge < -0.3 is 14.4 Å². The molecule has 10 heteroatoms. The molecule has 0 radical (unpaired) electrons. The lowest BCUT2D eigenvalue weighted by molar-refractivity contribution is 0.0690. The molecule has 182 valence electrons. The summed E-state index contributed by atoms with van der Waals surface area (Å²) in [5, 5.41) is 4.60. The number of carbonyl (C=O) groups excluding carboxylic acids is 1. The maximum Gasteiger partial charge on any atom is 0.274 e. The average Bonchev–Trinajstić information content (AvgIpc) is 3.25. The van der Waals surface area contributed by atoms with Crippen molar-refractivity contribution in [2.45, 2.75) is 51.0 Å². The van der Waals surface area contributed by atoms with Crippen LogP contribution in [0.4, 0.5) is 0 Å². The third-order valence-electron chi connectivity index (χ3n) is 5.70. The summed E-state index contributed by atoms with van der Waals surface area (Å²) in [7, 11) is -0.903. The lowest BCUT2D eigenvalue weighted by atomic mass is 10.1. The molecule has 0 saturated carbocycles. The second kappa shape index (κ2) is 9.34. The van der Waals surface area contributed by atoms with E-state index in [-0.39, 0.29) is 54.2 Å². The molecule has 1 aliphatic rings. The first-order chi connectivity index (χ1) is 15.4. The van der Waals surface area contributed by atoms with Crippen LogP contribution in [0.25, 0.3) is 0 Å². The Hall–Kier alpha value is -2.59. The van der Waals surface area contributed by atoms with Crippen LogP contribution >= 0.6 is 0 Å². The molecule has 0 N–H and O–H groups in total. The number of benzene rings is 1. The second-order valence-electron chi connectivity index (χ2n) is 9.40. The van der Waals surface area contributed by atoms with E-state index in [4.69, 9.17) is 9.47 Å². The Balaban J connectivity index is 1.78. The summed E-state index contributed by atoms with van der Waals surface area (Å²) in [6, 6.07) is 6.53. The number of aromatic nitrogens is 2. The van der Waals surface area contributed by atoms with Gasteiger partial charge in [0.1, 0.15) is 16.4 Å². The van der Waals surface area contributed by atoms with Crippen molar-refractivity contribution in [1.29, 1.82) is 0 Å². The van der Waals surface area contributed by atoms with Crippen molar-refractivity contribution in [3.63, 3.8) is 0 Å². The van der Waals surface area contributed by atoms with E-state index >= 15 is 0 Å². The summed E-state index contributed by atoms with van der Waals surface area (Å²) in [5.74, 6) is 0.718. The molecule has 1 saturated heterocycles. The Labute approximate surface area is 196 Å². The number of methoxy groups -OCH3 is 2. The van der Waals surface area contributed by atoms with E-state index in [1.807, 2.05) is 10.7 Å². The van der Waals surface area contributed by atoms with Crippen molar-refractivity contribution in [2.24, 2.45) is 0 Å². The SMILES string of the molecule is COc1ccc(OC)c(S(=O)(=O)N2CCN(C(=O)c3cc(C(C)C)n(C(C)(C)C)n3)CC2)c1. The molecule has 9 nitrogen and oxygen atoms in total. The lowest BCUT2D eigenvalue weighted by Crippen LogP contribution is -2.50. The fraction of sp³-hybridized carbons (Fsp3) is 0.565. The largest absolute Gasteiger partial charge is 0.497 e. The zero-order valence-corrected chi connectivity index (χ0v) is 21.3. The van der Waals surface area contributed by atoms with E-state index in [2.05, 4.69) is 39.7 Å². The number of hydrogen-bond donors (Lipinski definition) is 0. The summed E-state index contributed by atoms with van der Waals surface area (Å²) >= 11 is 0. The summed E-state index contributed by atoms with van der Waals surface area (Å²) in [6.07, 6.45) is 0. The number of rotatable bonds is 6. The van der Waals surface area contributed by atoms with Gasteiger partial charge in [0.15, 0.2) is 5.69 Å². The molecular weight excluding hydrogens is 444 g/mol. The number of carbonyl (C=O) groups is 1. The summed E-state index contributed by atoms with van der Waals surface area (Å²) in [5.41, 5.74) is 1.14. The maximum absolute atomic E-state index is 13.3.